The van der Waals surface area contributed by atoms with Gasteiger partial charge in [-0.1, -0.05) is 0 Å². The molecule has 2 rings (SSSR count). The van der Waals surface area contributed by atoms with E-state index < -0.39 is 54.5 Å². The van der Waals surface area contributed by atoms with Crippen molar-refractivity contribution in [1.29, 1.82) is 0 Å². The molecule has 0 aromatic rings. The second kappa shape index (κ2) is 11.4. The van der Waals surface area contributed by atoms with E-state index >= 15 is 0 Å². The molecule has 2 saturated heterocycles. The Bertz CT molecular complexity index is 744. The topological polar surface area (TPSA) is 147 Å². The number of hydrogen-bond acceptors (Lipinski definition) is 11. The largest absolute Gasteiger partial charge is 0.463 e. The smallest absolute Gasteiger partial charge is 0.303 e. The summed E-state index contributed by atoms with van der Waals surface area (Å²) in [4.78, 5) is 47.1. The summed E-state index contributed by atoms with van der Waals surface area (Å²) in [6.45, 7) is 5.61. The van der Waals surface area contributed by atoms with Crippen LogP contribution in [0.3, 0.4) is 0 Å². The Morgan fingerprint density at radius 1 is 0.906 bits per heavy atom. The van der Waals surface area contributed by atoms with Gasteiger partial charge in [0.25, 0.3) is 0 Å². The molecule has 2 fully saturated rings. The molecule has 0 unspecified atom stereocenters. The second-order valence-electron chi connectivity index (χ2n) is 7.43. The molecule has 2 N–H and O–H groups in total. The highest BCUT2D eigenvalue weighted by molar-refractivity contribution is 7.80. The van der Waals surface area contributed by atoms with Gasteiger partial charge in [-0.2, -0.15) is 0 Å². The van der Waals surface area contributed by atoms with Crippen molar-refractivity contribution >= 4 is 41.2 Å². The van der Waals surface area contributed by atoms with Crippen molar-refractivity contribution in [3.63, 3.8) is 0 Å². The molecule has 12 nitrogen and oxygen atoms in total. The molecule has 0 aliphatic carbocycles. The van der Waals surface area contributed by atoms with Gasteiger partial charge >= 0.3 is 23.9 Å². The molecular weight excluding hydrogens is 446 g/mol. The van der Waals surface area contributed by atoms with Crippen LogP contribution in [0.25, 0.3) is 0 Å². The second-order valence-corrected chi connectivity index (χ2v) is 7.85. The van der Waals surface area contributed by atoms with Gasteiger partial charge in [0.2, 0.25) is 0 Å². The summed E-state index contributed by atoms with van der Waals surface area (Å²) < 4.78 is 27.4. The first-order valence-electron chi connectivity index (χ1n) is 10.1. The first-order chi connectivity index (χ1) is 15.0. The van der Waals surface area contributed by atoms with E-state index in [9.17, 15) is 19.2 Å². The summed E-state index contributed by atoms with van der Waals surface area (Å²) >= 11 is 5.23. The normalized spacial score (nSPS) is 27.8. The molecule has 180 valence electrons. The zero-order chi connectivity index (χ0) is 24.0. The number of hydrazine groups is 1. The number of carbonyl (C=O) groups excluding carboxylic acids is 4. The average molecular weight is 476 g/mol. The van der Waals surface area contributed by atoms with E-state index in [1.807, 2.05) is 5.01 Å². The lowest BCUT2D eigenvalue weighted by atomic mass is 9.97. The number of rotatable bonds is 7. The van der Waals surface area contributed by atoms with Crippen LogP contribution < -0.4 is 5.73 Å². The lowest BCUT2D eigenvalue weighted by Gasteiger charge is -2.49. The Morgan fingerprint density at radius 2 is 1.41 bits per heavy atom. The summed E-state index contributed by atoms with van der Waals surface area (Å²) in [7, 11) is 0. The molecular formula is C19H29N3O9S. The molecule has 2 aliphatic heterocycles. The Labute approximate surface area is 191 Å². The van der Waals surface area contributed by atoms with Crippen molar-refractivity contribution in [2.45, 2.75) is 71.2 Å². The van der Waals surface area contributed by atoms with Crippen LogP contribution in [0.2, 0.25) is 0 Å². The van der Waals surface area contributed by atoms with Gasteiger partial charge in [-0.15, -0.1) is 0 Å². The van der Waals surface area contributed by atoms with E-state index in [-0.39, 0.29) is 11.7 Å². The Kier molecular flexibility index (Phi) is 9.16. The van der Waals surface area contributed by atoms with E-state index in [2.05, 4.69) is 0 Å². The van der Waals surface area contributed by atoms with Crippen molar-refractivity contribution in [2.24, 2.45) is 5.73 Å². The van der Waals surface area contributed by atoms with Crippen molar-refractivity contribution < 1.29 is 42.9 Å². The molecule has 0 aromatic heterocycles. The zero-order valence-electron chi connectivity index (χ0n) is 18.5. The predicted octanol–water partition coefficient (Wildman–Crippen LogP) is -0.374. The molecule has 0 amide bonds. The summed E-state index contributed by atoms with van der Waals surface area (Å²) in [5, 5.41) is 3.23. The van der Waals surface area contributed by atoms with Gasteiger partial charge < -0.3 is 29.4 Å². The van der Waals surface area contributed by atoms with Crippen molar-refractivity contribution in [1.82, 2.24) is 10.0 Å². The van der Waals surface area contributed by atoms with Crippen molar-refractivity contribution in [3.05, 3.63) is 0 Å². The Hall–Kier alpha value is -2.51. The van der Waals surface area contributed by atoms with E-state index in [0.29, 0.717) is 13.1 Å². The Balaban J connectivity index is 2.53. The zero-order valence-corrected chi connectivity index (χ0v) is 19.3. The quantitative estimate of drug-likeness (QED) is 0.290. The maximum absolute atomic E-state index is 11.9. The lowest BCUT2D eigenvalue weighted by molar-refractivity contribution is -0.288. The summed E-state index contributed by atoms with van der Waals surface area (Å²) in [6.07, 6.45) is -4.21. The third kappa shape index (κ3) is 6.74. The molecule has 5 atom stereocenters. The van der Waals surface area contributed by atoms with Crippen LogP contribution in [-0.4, -0.2) is 89.3 Å². The summed E-state index contributed by atoms with van der Waals surface area (Å²) in [5.41, 5.74) is 5.99. The van der Waals surface area contributed by atoms with Crippen LogP contribution >= 0.6 is 12.2 Å². The predicted molar refractivity (Wildman–Crippen MR) is 111 cm³/mol. The minimum absolute atomic E-state index is 0.0622. The lowest BCUT2D eigenvalue weighted by Crippen LogP contribution is -2.69. The van der Waals surface area contributed by atoms with Crippen LogP contribution in [0.15, 0.2) is 0 Å². The number of thiocarbonyl (C=S) groups is 1. The monoisotopic (exact) mass is 475 g/mol. The maximum atomic E-state index is 11.9. The van der Waals surface area contributed by atoms with Gasteiger partial charge in [-0.3, -0.25) is 19.2 Å². The molecule has 0 radical (unpaired) electrons. The fourth-order valence-electron chi connectivity index (χ4n) is 3.74. The number of nitrogens with zero attached hydrogens (tertiary/aromatic N) is 2. The number of ether oxygens (including phenoxy) is 5. The highest BCUT2D eigenvalue weighted by Crippen LogP contribution is 2.32. The van der Waals surface area contributed by atoms with E-state index in [0.717, 1.165) is 26.7 Å². The van der Waals surface area contributed by atoms with Gasteiger partial charge in [-0.05, 0) is 25.1 Å². The summed E-state index contributed by atoms with van der Waals surface area (Å²) in [6, 6.07) is 0. The molecule has 0 aromatic carbocycles. The third-order valence-corrected chi connectivity index (χ3v) is 5.01. The van der Waals surface area contributed by atoms with E-state index in [1.54, 1.807) is 0 Å². The van der Waals surface area contributed by atoms with Crippen molar-refractivity contribution in [3.8, 4) is 0 Å². The molecule has 2 heterocycles. The minimum Gasteiger partial charge on any atom is -0.463 e. The van der Waals surface area contributed by atoms with Gasteiger partial charge in [0.05, 0.1) is 0 Å². The third-order valence-electron chi connectivity index (χ3n) is 4.82. The van der Waals surface area contributed by atoms with Gasteiger partial charge in [0.15, 0.2) is 29.7 Å². The van der Waals surface area contributed by atoms with Crippen LogP contribution in [0.5, 0.6) is 0 Å². The van der Waals surface area contributed by atoms with Gasteiger partial charge in [0.1, 0.15) is 12.7 Å². The van der Waals surface area contributed by atoms with E-state index in [4.69, 9.17) is 41.6 Å². The SMILES string of the molecule is CC(=O)OC[C@H]1O[C@@H](N(C(N)=S)N2CCCC2)[C@H](OC(C)=O)[C@@H](OC(C)=O)[C@@H]1OC(C)=O. The van der Waals surface area contributed by atoms with Crippen LogP contribution in [-0.2, 0) is 42.9 Å². The fraction of sp³-hybridized carbons (Fsp3) is 0.737. The highest BCUT2D eigenvalue weighted by Gasteiger charge is 2.55. The maximum Gasteiger partial charge on any atom is 0.303 e. The average Bonchev–Trinajstić information content (AvgIpc) is 3.17. The molecule has 0 spiro atoms. The minimum atomic E-state index is -1.28. The summed E-state index contributed by atoms with van der Waals surface area (Å²) in [5.74, 6) is -2.69. The first-order valence-corrected chi connectivity index (χ1v) is 10.6. The van der Waals surface area contributed by atoms with Crippen LogP contribution in [0.1, 0.15) is 40.5 Å². The molecule has 0 bridgehead atoms. The van der Waals surface area contributed by atoms with Crippen LogP contribution in [0, 0.1) is 0 Å². The van der Waals surface area contributed by atoms with Gasteiger partial charge in [-0.25, -0.2) is 10.0 Å². The molecule has 32 heavy (non-hydrogen) atoms. The standard InChI is InChI=1S/C19H29N3O9S/c1-10(23)27-9-14-15(28-11(2)24)16(29-12(3)25)17(30-13(4)26)18(31-14)22(19(20)32)21-7-5-6-8-21/h14-18H,5-9H2,1-4H3,(H2,20,32)/t14-,15-,16+,17-,18-/m1/s1. The molecule has 13 heteroatoms. The van der Waals surface area contributed by atoms with Crippen molar-refractivity contribution in [2.75, 3.05) is 19.7 Å². The highest BCUT2D eigenvalue weighted by atomic mass is 32.1. The van der Waals surface area contributed by atoms with Crippen LogP contribution in [0.4, 0.5) is 0 Å². The number of hydrogen-bond donors (Lipinski definition) is 1. The number of esters is 4. The molecule has 0 saturated carbocycles. The fourth-order valence-corrected chi connectivity index (χ4v) is 3.96. The van der Waals surface area contributed by atoms with Gasteiger partial charge in [0, 0.05) is 40.8 Å². The number of nitrogens with two attached hydrogens (primary N) is 1. The van der Waals surface area contributed by atoms with E-state index in [1.165, 1.54) is 18.9 Å². The molecule has 2 aliphatic rings. The number of carbonyl (C=O) groups is 4. The first kappa shape index (κ1) is 25.7. The Morgan fingerprint density at radius 3 is 1.88 bits per heavy atom.